The number of rotatable bonds is 3. The van der Waals surface area contributed by atoms with E-state index in [0.717, 1.165) is 6.26 Å². The Morgan fingerprint density at radius 2 is 1.79 bits per heavy atom. The topological polar surface area (TPSA) is 43.4 Å². The zero-order valence-electron chi connectivity index (χ0n) is 7.17. The molecule has 0 aromatic heterocycles. The second-order valence-electron chi connectivity index (χ2n) is 2.33. The maximum atomic E-state index is 11.3. The van der Waals surface area contributed by atoms with Gasteiger partial charge in [0.15, 0.2) is 0 Å². The summed E-state index contributed by atoms with van der Waals surface area (Å²) in [5.41, 5.74) is 0. The van der Waals surface area contributed by atoms with Crippen LogP contribution in [0.5, 0.6) is 0 Å². The van der Waals surface area contributed by atoms with E-state index in [2.05, 4.69) is 4.18 Å². The van der Waals surface area contributed by atoms with Gasteiger partial charge >= 0.3 is 39.7 Å². The summed E-state index contributed by atoms with van der Waals surface area (Å²) >= 11 is 0. The molecule has 0 N–H and O–H groups in total. The molecule has 0 amide bonds. The predicted molar refractivity (Wildman–Crippen MR) is 56.7 cm³/mol. The second kappa shape index (κ2) is 6.24. The Morgan fingerprint density at radius 3 is 2.29 bits per heavy atom. The quantitative estimate of drug-likeness (QED) is 0.439. The van der Waals surface area contributed by atoms with Crippen molar-refractivity contribution in [1.82, 2.24) is 0 Å². The Morgan fingerprint density at radius 1 is 1.21 bits per heavy atom. The predicted octanol–water partition coefficient (Wildman–Crippen LogP) is 1.28. The summed E-state index contributed by atoms with van der Waals surface area (Å²) in [6, 6.07) is 8.00. The first kappa shape index (κ1) is 13.7. The molecule has 1 rings (SSSR count). The third-order valence-electron chi connectivity index (χ3n) is 1.35. The number of hydrogen-bond acceptors (Lipinski definition) is 3. The molecule has 1 aromatic rings. The number of allylic oxidation sites excluding steroid dienone is 1. The van der Waals surface area contributed by atoms with Crippen molar-refractivity contribution in [2.45, 2.75) is 11.8 Å². The normalized spacial score (nSPS) is 10.9. The van der Waals surface area contributed by atoms with Gasteiger partial charge in [0.2, 0.25) is 0 Å². The minimum absolute atomic E-state index is 0. The molecule has 0 bridgehead atoms. The molecule has 0 saturated carbocycles. The zero-order valence-corrected chi connectivity index (χ0v) is 7.99. The summed E-state index contributed by atoms with van der Waals surface area (Å²) < 4.78 is 27.2. The fourth-order valence-electron chi connectivity index (χ4n) is 0.771. The fourth-order valence-corrected chi connectivity index (χ4v) is 1.63. The summed E-state index contributed by atoms with van der Waals surface area (Å²) in [5, 5.41) is 0. The number of hydrogen-bond donors (Lipinski definition) is 0. The van der Waals surface area contributed by atoms with E-state index in [1.54, 1.807) is 25.1 Å². The van der Waals surface area contributed by atoms with Gasteiger partial charge in [-0.25, -0.2) is 0 Å². The van der Waals surface area contributed by atoms with Crippen LogP contribution in [0, 0.1) is 0 Å². The van der Waals surface area contributed by atoms with Gasteiger partial charge in [0, 0.05) is 0 Å². The van der Waals surface area contributed by atoms with Crippen LogP contribution in [0.15, 0.2) is 47.6 Å². The monoisotopic (exact) mass is 222 g/mol. The van der Waals surface area contributed by atoms with Crippen LogP contribution in [-0.2, 0) is 14.3 Å². The van der Waals surface area contributed by atoms with Gasteiger partial charge in [-0.3, -0.25) is 0 Å². The first-order chi connectivity index (χ1) is 6.17. The van der Waals surface area contributed by atoms with Gasteiger partial charge in [-0.15, -0.1) is 0 Å². The van der Waals surface area contributed by atoms with E-state index in [4.69, 9.17) is 0 Å². The van der Waals surface area contributed by atoms with Crippen LogP contribution in [0.25, 0.3) is 0 Å². The van der Waals surface area contributed by atoms with E-state index in [0.29, 0.717) is 0 Å². The molecule has 0 atom stereocenters. The molecule has 0 fully saturated rings. The molecule has 0 radical (unpaired) electrons. The van der Waals surface area contributed by atoms with E-state index in [9.17, 15) is 8.42 Å². The van der Waals surface area contributed by atoms with Crippen molar-refractivity contribution >= 4 is 39.7 Å². The zero-order chi connectivity index (χ0) is 9.73. The Bertz CT molecular complexity index is 384. The Labute approximate surface area is 106 Å². The van der Waals surface area contributed by atoms with Gasteiger partial charge in [-0.1, -0.05) is 24.3 Å². The van der Waals surface area contributed by atoms with Crippen LogP contribution in [0.2, 0.25) is 0 Å². The Kier molecular flexibility index (Phi) is 6.11. The number of benzene rings is 1. The van der Waals surface area contributed by atoms with Gasteiger partial charge in [-0.05, 0) is 19.1 Å². The molecule has 0 aliphatic heterocycles. The van der Waals surface area contributed by atoms with Crippen LogP contribution >= 0.6 is 0 Å². The fraction of sp³-hybridized carbons (Fsp3) is 0.111. The van der Waals surface area contributed by atoms with E-state index >= 15 is 0 Å². The van der Waals surface area contributed by atoms with Crippen LogP contribution in [-0.4, -0.2) is 38.0 Å². The summed E-state index contributed by atoms with van der Waals surface area (Å²) in [4.78, 5) is 0.160. The summed E-state index contributed by atoms with van der Waals surface area (Å²) in [5.74, 6) is 0. The summed E-state index contributed by atoms with van der Waals surface area (Å²) in [6.07, 6.45) is 2.66. The maximum absolute atomic E-state index is 11.3. The molecule has 5 heteroatoms. The van der Waals surface area contributed by atoms with Gasteiger partial charge in [0.05, 0.1) is 0 Å². The Hall–Kier alpha value is -0.290. The van der Waals surface area contributed by atoms with Crippen LogP contribution in [0.4, 0.5) is 0 Å². The van der Waals surface area contributed by atoms with Gasteiger partial charge in [0.1, 0.15) is 11.2 Å². The van der Waals surface area contributed by atoms with E-state index in [1.165, 1.54) is 18.2 Å². The van der Waals surface area contributed by atoms with Gasteiger partial charge in [-0.2, -0.15) is 8.42 Å². The van der Waals surface area contributed by atoms with Crippen molar-refractivity contribution in [2.24, 2.45) is 0 Å². The van der Waals surface area contributed by atoms with Crippen molar-refractivity contribution in [3.63, 3.8) is 0 Å². The average molecular weight is 222 g/mol. The van der Waals surface area contributed by atoms with Gasteiger partial charge < -0.3 is 4.18 Å². The molecular weight excluding hydrogens is 211 g/mol. The standard InChI is InChI=1S/C9H10O3S.Na.H/c1-2-8-12-13(10,11)9-6-4-3-5-7-9;;/h2-8H,1H3;;. The van der Waals surface area contributed by atoms with Crippen LogP contribution in [0.1, 0.15) is 6.92 Å². The van der Waals surface area contributed by atoms with E-state index in [1.807, 2.05) is 0 Å². The second-order valence-corrected chi connectivity index (χ2v) is 3.90. The SMILES string of the molecule is CC=COS(=O)(=O)c1ccccc1.[NaH]. The molecular formula is C9H11NaO3S. The Balaban J connectivity index is 0.00000169. The third-order valence-corrected chi connectivity index (χ3v) is 2.56. The molecule has 14 heavy (non-hydrogen) atoms. The first-order valence-electron chi connectivity index (χ1n) is 3.76. The van der Waals surface area contributed by atoms with Crippen molar-refractivity contribution in [1.29, 1.82) is 0 Å². The van der Waals surface area contributed by atoms with Crippen molar-refractivity contribution < 1.29 is 12.6 Å². The molecule has 0 aliphatic carbocycles. The van der Waals surface area contributed by atoms with Gasteiger partial charge in [0.25, 0.3) is 0 Å². The molecule has 0 aliphatic rings. The van der Waals surface area contributed by atoms with E-state index < -0.39 is 10.1 Å². The molecule has 3 nitrogen and oxygen atoms in total. The van der Waals surface area contributed by atoms with E-state index in [-0.39, 0.29) is 34.5 Å². The average Bonchev–Trinajstić information content (AvgIpc) is 2.16. The molecule has 1 aromatic carbocycles. The van der Waals surface area contributed by atoms with Crippen molar-refractivity contribution in [3.8, 4) is 0 Å². The molecule has 72 valence electrons. The minimum atomic E-state index is -3.61. The third kappa shape index (κ3) is 3.84. The van der Waals surface area contributed by atoms with Crippen molar-refractivity contribution in [3.05, 3.63) is 42.7 Å². The molecule has 0 spiro atoms. The molecule has 0 saturated heterocycles. The summed E-state index contributed by atoms with van der Waals surface area (Å²) in [7, 11) is -3.61. The summed E-state index contributed by atoms with van der Waals surface area (Å²) in [6.45, 7) is 1.68. The van der Waals surface area contributed by atoms with Crippen LogP contribution < -0.4 is 0 Å². The van der Waals surface area contributed by atoms with Crippen LogP contribution in [0.3, 0.4) is 0 Å². The van der Waals surface area contributed by atoms with Crippen molar-refractivity contribution in [2.75, 3.05) is 0 Å². The molecule has 0 unspecified atom stereocenters. The molecule has 0 heterocycles. The first-order valence-corrected chi connectivity index (χ1v) is 5.17.